The fraction of sp³-hybridized carbons (Fsp3) is 0.726. The number of hydrogen-bond acceptors (Lipinski definition) is 6. The van der Waals surface area contributed by atoms with Crippen LogP contribution in [0, 0.1) is 0 Å². The highest BCUT2D eigenvalue weighted by atomic mass is 16.6. The SMILES string of the molecule is CC/C=C\C/C=C\C/C=C\CCCCCCCC(=O)OC(COC(=O)CCCCCCC/C=C\CCC)COC(=O)CCCCCCCCCCCC/C=C\C/C=C\C/C=C\CCCCCCC. The Morgan fingerprint density at radius 3 is 0.971 bits per heavy atom. The predicted molar refractivity (Wildman–Crippen MR) is 293 cm³/mol. The van der Waals surface area contributed by atoms with Crippen LogP contribution in [0.5, 0.6) is 0 Å². The van der Waals surface area contributed by atoms with E-state index in [2.05, 4.69) is 106 Å². The quantitative estimate of drug-likeness (QED) is 0.0262. The smallest absolute Gasteiger partial charge is 0.306 e. The Labute approximate surface area is 420 Å². The highest BCUT2D eigenvalue weighted by Gasteiger charge is 2.19. The van der Waals surface area contributed by atoms with Crippen molar-refractivity contribution in [2.45, 2.75) is 277 Å². The van der Waals surface area contributed by atoms with E-state index in [1.807, 2.05) is 0 Å². The fourth-order valence-electron chi connectivity index (χ4n) is 7.82. The lowest BCUT2D eigenvalue weighted by Crippen LogP contribution is -2.30. The van der Waals surface area contributed by atoms with Gasteiger partial charge < -0.3 is 14.2 Å². The van der Waals surface area contributed by atoms with Crippen molar-refractivity contribution in [3.8, 4) is 0 Å². The maximum Gasteiger partial charge on any atom is 0.306 e. The van der Waals surface area contributed by atoms with Crippen LogP contribution in [0.2, 0.25) is 0 Å². The average Bonchev–Trinajstić information content (AvgIpc) is 3.34. The Morgan fingerprint density at radius 2 is 0.603 bits per heavy atom. The molecule has 0 bridgehead atoms. The third kappa shape index (κ3) is 53.5. The highest BCUT2D eigenvalue weighted by molar-refractivity contribution is 5.71. The molecule has 0 saturated heterocycles. The average molecular weight is 948 g/mol. The summed E-state index contributed by atoms with van der Waals surface area (Å²) in [7, 11) is 0. The van der Waals surface area contributed by atoms with E-state index in [1.54, 1.807) is 0 Å². The number of esters is 3. The Hall–Kier alpha value is -3.41. The molecule has 0 fully saturated rings. The number of carbonyl (C=O) groups excluding carboxylic acids is 3. The number of ether oxygens (including phenoxy) is 3. The Bertz CT molecular complexity index is 1320. The summed E-state index contributed by atoms with van der Waals surface area (Å²) in [6.07, 6.45) is 73.0. The molecule has 1 unspecified atom stereocenters. The van der Waals surface area contributed by atoms with Crippen LogP contribution in [-0.2, 0) is 28.6 Å². The fourth-order valence-corrected chi connectivity index (χ4v) is 7.82. The second kappa shape index (κ2) is 56.2. The van der Waals surface area contributed by atoms with E-state index in [4.69, 9.17) is 14.2 Å². The molecule has 0 N–H and O–H groups in total. The first-order valence-electron chi connectivity index (χ1n) is 28.6. The van der Waals surface area contributed by atoms with Gasteiger partial charge >= 0.3 is 17.9 Å². The maximum absolute atomic E-state index is 12.8. The number of carbonyl (C=O) groups is 3. The van der Waals surface area contributed by atoms with Crippen LogP contribution < -0.4 is 0 Å². The zero-order valence-corrected chi connectivity index (χ0v) is 44.6. The van der Waals surface area contributed by atoms with Crippen molar-refractivity contribution in [1.29, 1.82) is 0 Å². The van der Waals surface area contributed by atoms with Gasteiger partial charge in [0.2, 0.25) is 0 Å². The summed E-state index contributed by atoms with van der Waals surface area (Å²) in [4.78, 5) is 38.0. The molecule has 1 atom stereocenters. The van der Waals surface area contributed by atoms with Gasteiger partial charge in [-0.2, -0.15) is 0 Å². The van der Waals surface area contributed by atoms with Gasteiger partial charge in [0.25, 0.3) is 0 Å². The van der Waals surface area contributed by atoms with Crippen LogP contribution in [0.15, 0.2) is 85.1 Å². The molecular formula is C62H106O6. The van der Waals surface area contributed by atoms with E-state index in [0.29, 0.717) is 19.3 Å². The molecule has 0 heterocycles. The normalized spacial score (nSPS) is 12.7. The summed E-state index contributed by atoms with van der Waals surface area (Å²) < 4.78 is 16.8. The van der Waals surface area contributed by atoms with Gasteiger partial charge in [0.15, 0.2) is 6.10 Å². The Morgan fingerprint density at radius 1 is 0.309 bits per heavy atom. The van der Waals surface area contributed by atoms with Gasteiger partial charge in [0.1, 0.15) is 13.2 Å². The van der Waals surface area contributed by atoms with Crippen LogP contribution in [-0.4, -0.2) is 37.2 Å². The second-order valence-corrected chi connectivity index (χ2v) is 18.8. The Balaban J connectivity index is 4.27. The number of hydrogen-bond donors (Lipinski definition) is 0. The van der Waals surface area contributed by atoms with Crippen LogP contribution in [0.4, 0.5) is 0 Å². The van der Waals surface area contributed by atoms with Crippen LogP contribution in [0.25, 0.3) is 0 Å². The molecule has 6 heteroatoms. The monoisotopic (exact) mass is 947 g/mol. The zero-order valence-electron chi connectivity index (χ0n) is 44.6. The minimum atomic E-state index is -0.790. The lowest BCUT2D eigenvalue weighted by Gasteiger charge is -2.18. The van der Waals surface area contributed by atoms with Gasteiger partial charge in [0.05, 0.1) is 0 Å². The Kier molecular flexibility index (Phi) is 53.4. The van der Waals surface area contributed by atoms with Gasteiger partial charge in [-0.05, 0) is 109 Å². The first kappa shape index (κ1) is 64.6. The van der Waals surface area contributed by atoms with Crippen molar-refractivity contribution in [2.24, 2.45) is 0 Å². The van der Waals surface area contributed by atoms with E-state index in [9.17, 15) is 14.4 Å². The van der Waals surface area contributed by atoms with Gasteiger partial charge in [-0.1, -0.05) is 228 Å². The third-order valence-electron chi connectivity index (χ3n) is 12.1. The molecule has 0 aromatic heterocycles. The molecule has 0 aliphatic carbocycles. The minimum Gasteiger partial charge on any atom is -0.462 e. The summed E-state index contributed by atoms with van der Waals surface area (Å²) in [5.74, 6) is -0.918. The van der Waals surface area contributed by atoms with Gasteiger partial charge in [-0.25, -0.2) is 0 Å². The standard InChI is InChI=1S/C62H106O6/c1-4-7-10-13-16-19-22-24-26-27-28-29-30-31-32-33-34-35-37-38-40-43-46-49-52-55-61(64)67-58-59(57-66-60(63)54-51-48-45-42-21-18-15-12-9-6-3)68-62(65)56-53-50-47-44-41-39-36-25-23-20-17-14-11-8-5-2/h8,11-12,15,17,20,22,24-25,27-28,30-31,36,59H,4-7,9-10,13-14,16,18-19,21,23,26,29,32-35,37-58H2,1-3H3/b11-8-,15-12-,20-17-,24-22-,28-27-,31-30-,36-25-. The minimum absolute atomic E-state index is 0.0884. The summed E-state index contributed by atoms with van der Waals surface area (Å²) in [5.41, 5.74) is 0. The third-order valence-corrected chi connectivity index (χ3v) is 12.1. The first-order chi connectivity index (χ1) is 33.5. The molecule has 0 spiro atoms. The molecule has 68 heavy (non-hydrogen) atoms. The van der Waals surface area contributed by atoms with Crippen molar-refractivity contribution < 1.29 is 28.6 Å². The number of rotatable bonds is 51. The topological polar surface area (TPSA) is 78.9 Å². The second-order valence-electron chi connectivity index (χ2n) is 18.8. The van der Waals surface area contributed by atoms with E-state index >= 15 is 0 Å². The lowest BCUT2D eigenvalue weighted by molar-refractivity contribution is -0.167. The van der Waals surface area contributed by atoms with Crippen molar-refractivity contribution in [3.05, 3.63) is 85.1 Å². The van der Waals surface area contributed by atoms with E-state index in [0.717, 1.165) is 128 Å². The molecule has 0 aliphatic rings. The summed E-state index contributed by atoms with van der Waals surface area (Å²) in [6.45, 7) is 6.44. The summed E-state index contributed by atoms with van der Waals surface area (Å²) >= 11 is 0. The largest absolute Gasteiger partial charge is 0.462 e. The van der Waals surface area contributed by atoms with Crippen molar-refractivity contribution >= 4 is 17.9 Å². The highest BCUT2D eigenvalue weighted by Crippen LogP contribution is 2.15. The van der Waals surface area contributed by atoms with Crippen LogP contribution in [0.1, 0.15) is 271 Å². The molecule has 6 nitrogen and oxygen atoms in total. The van der Waals surface area contributed by atoms with Crippen LogP contribution in [0.3, 0.4) is 0 Å². The van der Waals surface area contributed by atoms with Crippen LogP contribution >= 0.6 is 0 Å². The maximum atomic E-state index is 12.8. The molecule has 0 radical (unpaired) electrons. The molecule has 0 amide bonds. The first-order valence-corrected chi connectivity index (χ1v) is 28.6. The molecular weight excluding hydrogens is 841 g/mol. The van der Waals surface area contributed by atoms with Crippen molar-refractivity contribution in [1.82, 2.24) is 0 Å². The van der Waals surface area contributed by atoms with Gasteiger partial charge in [-0.15, -0.1) is 0 Å². The van der Waals surface area contributed by atoms with E-state index in [1.165, 1.54) is 103 Å². The molecule has 0 aliphatic heterocycles. The number of unbranched alkanes of at least 4 members (excludes halogenated alkanes) is 26. The molecule has 0 aromatic carbocycles. The van der Waals surface area contributed by atoms with Crippen molar-refractivity contribution in [2.75, 3.05) is 13.2 Å². The lowest BCUT2D eigenvalue weighted by atomic mass is 10.1. The predicted octanol–water partition coefficient (Wildman–Crippen LogP) is 19.2. The summed E-state index contributed by atoms with van der Waals surface area (Å²) in [5, 5.41) is 0. The van der Waals surface area contributed by atoms with Crippen molar-refractivity contribution in [3.63, 3.8) is 0 Å². The molecule has 0 rings (SSSR count). The van der Waals surface area contributed by atoms with E-state index < -0.39 is 6.10 Å². The van der Waals surface area contributed by atoms with Gasteiger partial charge in [0, 0.05) is 19.3 Å². The molecule has 0 aromatic rings. The van der Waals surface area contributed by atoms with Gasteiger partial charge in [-0.3, -0.25) is 14.4 Å². The zero-order chi connectivity index (χ0) is 49.3. The molecule has 390 valence electrons. The van der Waals surface area contributed by atoms with E-state index in [-0.39, 0.29) is 31.1 Å². The summed E-state index contributed by atoms with van der Waals surface area (Å²) in [6, 6.07) is 0. The molecule has 0 saturated carbocycles. The number of allylic oxidation sites excluding steroid dienone is 14.